The fourth-order valence-electron chi connectivity index (χ4n) is 1.41. The van der Waals surface area contributed by atoms with Crippen LogP contribution in [0, 0.1) is 0 Å². The molecule has 0 saturated carbocycles. The fourth-order valence-corrected chi connectivity index (χ4v) is 2.70. The summed E-state index contributed by atoms with van der Waals surface area (Å²) in [5.41, 5.74) is -0.505. The molecule has 0 aliphatic rings. The predicted molar refractivity (Wildman–Crippen MR) is 70.2 cm³/mol. The minimum atomic E-state index is -4.21. The van der Waals surface area contributed by atoms with E-state index in [9.17, 15) is 18.0 Å². The number of rotatable bonds is 8. The highest BCUT2D eigenvalue weighted by molar-refractivity contribution is 7.89. The molecule has 10 nitrogen and oxygen atoms in total. The number of carboxylic acids is 1. The topological polar surface area (TPSA) is 150 Å². The lowest BCUT2D eigenvalue weighted by atomic mass is 10.3. The smallest absolute Gasteiger partial charge is 0.340 e. The van der Waals surface area contributed by atoms with Gasteiger partial charge in [-0.1, -0.05) is 0 Å². The fraction of sp³-hybridized carbons (Fsp3) is 0.500. The number of aromatic carboxylic acids is 1. The van der Waals surface area contributed by atoms with Crippen LogP contribution < -0.4 is 10.0 Å². The molecule has 1 rings (SSSR count). The van der Waals surface area contributed by atoms with E-state index in [-0.39, 0.29) is 13.2 Å². The summed E-state index contributed by atoms with van der Waals surface area (Å²) in [6, 6.07) is -1.09. The summed E-state index contributed by atoms with van der Waals surface area (Å²) in [5.74, 6) is -2.01. The Hall–Kier alpha value is -1.98. The molecule has 0 radical (unpaired) electrons. The summed E-state index contributed by atoms with van der Waals surface area (Å²) in [4.78, 5) is 22.5. The number of carbonyl (C=O) groups is 2. The van der Waals surface area contributed by atoms with Gasteiger partial charge in [0.1, 0.15) is 5.56 Å². The average molecular weight is 320 g/mol. The Bertz CT molecular complexity index is 611. The molecule has 1 atom stereocenters. The first-order valence-electron chi connectivity index (χ1n) is 5.85. The van der Waals surface area contributed by atoms with Gasteiger partial charge in [0.05, 0.1) is 18.8 Å². The van der Waals surface area contributed by atoms with Crippen LogP contribution in [0.15, 0.2) is 11.2 Å². The van der Waals surface area contributed by atoms with Crippen molar-refractivity contribution in [3.8, 4) is 0 Å². The molecule has 118 valence electrons. The van der Waals surface area contributed by atoms with Gasteiger partial charge in [0, 0.05) is 13.7 Å². The summed E-state index contributed by atoms with van der Waals surface area (Å²) < 4.78 is 30.8. The number of carbonyl (C=O) groups excluding carboxylic acids is 1. The van der Waals surface area contributed by atoms with Crippen molar-refractivity contribution in [2.45, 2.75) is 18.0 Å². The molecule has 0 saturated heterocycles. The number of H-pyrrole nitrogens is 1. The standard InChI is InChI=1S/C10H16N4O6S/c1-6(8(15)11-3-4-20-2)14-21(18,19)9-7(10(16)17)5-12-13-9/h5-6,14H,3-4H2,1-2H3,(H,11,15)(H,12,13)(H,16,17). The van der Waals surface area contributed by atoms with E-state index in [1.54, 1.807) is 0 Å². The predicted octanol–water partition coefficient (Wildman–Crippen LogP) is -1.46. The zero-order valence-electron chi connectivity index (χ0n) is 11.4. The van der Waals surface area contributed by atoms with Crippen LogP contribution >= 0.6 is 0 Å². The molecule has 0 aromatic carbocycles. The van der Waals surface area contributed by atoms with Crippen LogP contribution in [0.2, 0.25) is 0 Å². The average Bonchev–Trinajstić information content (AvgIpc) is 2.88. The van der Waals surface area contributed by atoms with E-state index >= 15 is 0 Å². The van der Waals surface area contributed by atoms with Crippen LogP contribution in [0.25, 0.3) is 0 Å². The Morgan fingerprint density at radius 1 is 1.52 bits per heavy atom. The number of carboxylic acid groups (broad SMARTS) is 1. The van der Waals surface area contributed by atoms with Crippen molar-refractivity contribution in [2.24, 2.45) is 0 Å². The number of hydrogen-bond donors (Lipinski definition) is 4. The Kier molecular flexibility index (Phi) is 5.81. The summed E-state index contributed by atoms with van der Waals surface area (Å²) in [5, 5.41) is 16.2. The van der Waals surface area contributed by atoms with E-state index in [0.717, 1.165) is 6.20 Å². The molecule has 1 heterocycles. The number of ether oxygens (including phenoxy) is 1. The van der Waals surface area contributed by atoms with E-state index in [1.165, 1.54) is 14.0 Å². The van der Waals surface area contributed by atoms with Crippen molar-refractivity contribution < 1.29 is 27.9 Å². The third-order valence-electron chi connectivity index (χ3n) is 2.43. The maximum Gasteiger partial charge on any atom is 0.340 e. The lowest BCUT2D eigenvalue weighted by Gasteiger charge is -2.13. The van der Waals surface area contributed by atoms with E-state index in [1.807, 2.05) is 0 Å². The maximum atomic E-state index is 12.0. The highest BCUT2D eigenvalue weighted by atomic mass is 32.2. The Morgan fingerprint density at radius 3 is 2.76 bits per heavy atom. The van der Waals surface area contributed by atoms with Crippen LogP contribution in [0.3, 0.4) is 0 Å². The van der Waals surface area contributed by atoms with Gasteiger partial charge in [-0.3, -0.25) is 9.89 Å². The van der Waals surface area contributed by atoms with Crippen LogP contribution in [0.5, 0.6) is 0 Å². The zero-order chi connectivity index (χ0) is 16.0. The normalized spacial score (nSPS) is 12.9. The van der Waals surface area contributed by atoms with Gasteiger partial charge in [0.25, 0.3) is 10.0 Å². The molecule has 4 N–H and O–H groups in total. The maximum absolute atomic E-state index is 12.0. The van der Waals surface area contributed by atoms with Gasteiger partial charge in [-0.25, -0.2) is 13.2 Å². The monoisotopic (exact) mass is 320 g/mol. The number of methoxy groups -OCH3 is 1. The Balaban J connectivity index is 2.78. The third kappa shape index (κ3) is 4.51. The first kappa shape index (κ1) is 17.1. The van der Waals surface area contributed by atoms with Crippen molar-refractivity contribution in [2.75, 3.05) is 20.3 Å². The van der Waals surface area contributed by atoms with Crippen LogP contribution in [0.4, 0.5) is 0 Å². The summed E-state index contributed by atoms with van der Waals surface area (Å²) in [7, 11) is -2.75. The number of aromatic nitrogens is 2. The first-order chi connectivity index (χ1) is 9.79. The zero-order valence-corrected chi connectivity index (χ0v) is 12.2. The van der Waals surface area contributed by atoms with Gasteiger partial charge in [0.2, 0.25) is 5.91 Å². The van der Waals surface area contributed by atoms with Crippen LogP contribution in [0.1, 0.15) is 17.3 Å². The molecule has 1 aromatic heterocycles. The Morgan fingerprint density at radius 2 is 2.19 bits per heavy atom. The summed E-state index contributed by atoms with van der Waals surface area (Å²) >= 11 is 0. The van der Waals surface area contributed by atoms with E-state index in [0.29, 0.717) is 0 Å². The highest BCUT2D eigenvalue weighted by Crippen LogP contribution is 2.12. The van der Waals surface area contributed by atoms with Crippen molar-refractivity contribution in [3.63, 3.8) is 0 Å². The lowest BCUT2D eigenvalue weighted by molar-refractivity contribution is -0.122. The summed E-state index contributed by atoms with van der Waals surface area (Å²) in [6.45, 7) is 1.84. The van der Waals surface area contributed by atoms with E-state index < -0.39 is 38.5 Å². The van der Waals surface area contributed by atoms with Crippen molar-refractivity contribution in [1.82, 2.24) is 20.2 Å². The lowest BCUT2D eigenvalue weighted by Crippen LogP contribution is -2.45. The molecule has 1 unspecified atom stereocenters. The Labute approximate surface area is 120 Å². The number of hydrogen-bond acceptors (Lipinski definition) is 6. The molecule has 11 heteroatoms. The highest BCUT2D eigenvalue weighted by Gasteiger charge is 2.28. The van der Waals surface area contributed by atoms with Crippen LogP contribution in [-0.2, 0) is 19.6 Å². The van der Waals surface area contributed by atoms with Crippen LogP contribution in [-0.4, -0.2) is 61.9 Å². The quantitative estimate of drug-likeness (QED) is 0.427. The molecule has 1 amide bonds. The molecule has 21 heavy (non-hydrogen) atoms. The van der Waals surface area contributed by atoms with Gasteiger partial charge >= 0.3 is 5.97 Å². The summed E-state index contributed by atoms with van der Waals surface area (Å²) in [6.07, 6.45) is 0.875. The first-order valence-corrected chi connectivity index (χ1v) is 7.33. The number of aromatic amines is 1. The molecule has 0 aliphatic carbocycles. The third-order valence-corrected chi connectivity index (χ3v) is 3.95. The number of nitrogens with one attached hydrogen (secondary N) is 3. The van der Waals surface area contributed by atoms with Gasteiger partial charge in [-0.05, 0) is 6.92 Å². The molecular formula is C10H16N4O6S. The van der Waals surface area contributed by atoms with Crippen molar-refractivity contribution in [1.29, 1.82) is 0 Å². The molecule has 1 aromatic rings. The van der Waals surface area contributed by atoms with Crippen molar-refractivity contribution >= 4 is 21.9 Å². The molecule has 0 fully saturated rings. The van der Waals surface area contributed by atoms with E-state index in [4.69, 9.17) is 9.84 Å². The number of nitrogens with zero attached hydrogens (tertiary/aromatic N) is 1. The van der Waals surface area contributed by atoms with Gasteiger partial charge in [-0.2, -0.15) is 9.82 Å². The largest absolute Gasteiger partial charge is 0.478 e. The molecule has 0 bridgehead atoms. The second-order valence-electron chi connectivity index (χ2n) is 4.04. The number of amides is 1. The molecule has 0 aliphatic heterocycles. The second-order valence-corrected chi connectivity index (χ2v) is 5.70. The molecular weight excluding hydrogens is 304 g/mol. The molecule has 0 spiro atoms. The van der Waals surface area contributed by atoms with E-state index in [2.05, 4.69) is 20.2 Å². The van der Waals surface area contributed by atoms with Gasteiger partial charge in [0.15, 0.2) is 5.03 Å². The van der Waals surface area contributed by atoms with Gasteiger partial charge < -0.3 is 15.2 Å². The van der Waals surface area contributed by atoms with Gasteiger partial charge in [-0.15, -0.1) is 0 Å². The SMILES string of the molecule is COCCNC(=O)C(C)NS(=O)(=O)c1[nH]ncc1C(=O)O. The second kappa shape index (κ2) is 7.15. The van der Waals surface area contributed by atoms with Crippen molar-refractivity contribution in [3.05, 3.63) is 11.8 Å². The minimum absolute atomic E-state index is 0.228. The number of sulfonamides is 1. The minimum Gasteiger partial charge on any atom is -0.478 e.